The first kappa shape index (κ1) is 8.19. The predicted octanol–water partition coefficient (Wildman–Crippen LogP) is 3.44. The second kappa shape index (κ2) is 3.47. The van der Waals surface area contributed by atoms with Crippen LogP contribution in [-0.2, 0) is 0 Å². The number of rotatable bonds is 2. The molecule has 1 aliphatic heterocycles. The highest BCUT2D eigenvalue weighted by atomic mass is 32.2. The molecular weight excluding hydrogens is 140 g/mol. The minimum Gasteiger partial charge on any atom is -0.127 e. The van der Waals surface area contributed by atoms with Crippen molar-refractivity contribution in [2.24, 2.45) is 5.92 Å². The predicted molar refractivity (Wildman–Crippen MR) is 49.2 cm³/mol. The summed E-state index contributed by atoms with van der Waals surface area (Å²) in [4.78, 5) is 1.60. The maximum atomic E-state index is 2.40. The van der Waals surface area contributed by atoms with E-state index in [0.29, 0.717) is 0 Å². The first-order valence-electron chi connectivity index (χ1n) is 4.09. The average Bonchev–Trinajstić information content (AvgIpc) is 2.34. The van der Waals surface area contributed by atoms with Crippen molar-refractivity contribution in [2.75, 3.05) is 0 Å². The lowest BCUT2D eigenvalue weighted by Crippen LogP contribution is -2.05. The van der Waals surface area contributed by atoms with E-state index in [9.17, 15) is 0 Å². The Bertz CT molecular complexity index is 136. The van der Waals surface area contributed by atoms with Crippen molar-refractivity contribution in [1.29, 1.82) is 0 Å². The summed E-state index contributed by atoms with van der Waals surface area (Å²) in [6.45, 7) is 6.86. The van der Waals surface area contributed by atoms with Gasteiger partial charge in [0.1, 0.15) is 0 Å². The topological polar surface area (TPSA) is 0 Å². The van der Waals surface area contributed by atoms with E-state index in [1.165, 1.54) is 12.8 Å². The summed E-state index contributed by atoms with van der Waals surface area (Å²) in [6.07, 6.45) is 4.93. The minimum absolute atomic E-state index is 0.838. The molecule has 0 bridgehead atoms. The van der Waals surface area contributed by atoms with E-state index in [0.717, 1.165) is 11.2 Å². The lowest BCUT2D eigenvalue weighted by Gasteiger charge is -2.12. The van der Waals surface area contributed by atoms with E-state index >= 15 is 0 Å². The minimum atomic E-state index is 0.838. The third-order valence-corrected chi connectivity index (χ3v) is 3.77. The highest BCUT2D eigenvalue weighted by Gasteiger charge is 2.19. The summed E-state index contributed by atoms with van der Waals surface area (Å²) in [5.74, 6) is 0.838. The zero-order valence-corrected chi connectivity index (χ0v) is 7.87. The second-order valence-corrected chi connectivity index (χ2v) is 4.53. The maximum absolute atomic E-state index is 2.40. The third kappa shape index (κ3) is 1.79. The highest BCUT2D eigenvalue weighted by Crippen LogP contribution is 2.37. The molecule has 0 radical (unpaired) electrons. The summed E-state index contributed by atoms with van der Waals surface area (Å²) in [7, 11) is 0. The lowest BCUT2D eigenvalue weighted by molar-refractivity contribution is 0.618. The van der Waals surface area contributed by atoms with Crippen molar-refractivity contribution in [3.05, 3.63) is 11.0 Å². The molecule has 1 aliphatic rings. The molecule has 1 unspecified atom stereocenters. The van der Waals surface area contributed by atoms with Crippen LogP contribution in [0.2, 0.25) is 0 Å². The van der Waals surface area contributed by atoms with Gasteiger partial charge < -0.3 is 0 Å². The Balaban J connectivity index is 2.36. The Kier molecular flexibility index (Phi) is 2.84. The van der Waals surface area contributed by atoms with Crippen LogP contribution in [-0.4, -0.2) is 5.25 Å². The van der Waals surface area contributed by atoms with Gasteiger partial charge in [0.25, 0.3) is 0 Å². The van der Waals surface area contributed by atoms with Crippen molar-refractivity contribution in [2.45, 2.75) is 38.9 Å². The Morgan fingerprint density at radius 2 is 2.40 bits per heavy atom. The number of hydrogen-bond acceptors (Lipinski definition) is 1. The van der Waals surface area contributed by atoms with Crippen molar-refractivity contribution in [1.82, 2.24) is 0 Å². The van der Waals surface area contributed by atoms with Crippen LogP contribution in [0.25, 0.3) is 0 Å². The van der Waals surface area contributed by atoms with Crippen LogP contribution in [0, 0.1) is 5.92 Å². The molecular formula is C9H16S. The summed E-state index contributed by atoms with van der Waals surface area (Å²) < 4.78 is 0. The van der Waals surface area contributed by atoms with Gasteiger partial charge in [0.05, 0.1) is 0 Å². The van der Waals surface area contributed by atoms with Crippen LogP contribution in [0.15, 0.2) is 11.0 Å². The molecule has 0 saturated carbocycles. The van der Waals surface area contributed by atoms with Gasteiger partial charge in [0, 0.05) is 5.25 Å². The Morgan fingerprint density at radius 3 is 2.70 bits per heavy atom. The van der Waals surface area contributed by atoms with E-state index in [1.54, 1.807) is 4.91 Å². The molecule has 0 nitrogen and oxygen atoms in total. The van der Waals surface area contributed by atoms with Gasteiger partial charge in [0.15, 0.2) is 0 Å². The molecule has 0 aliphatic carbocycles. The fourth-order valence-electron chi connectivity index (χ4n) is 1.17. The van der Waals surface area contributed by atoms with E-state index in [2.05, 4.69) is 38.6 Å². The maximum Gasteiger partial charge on any atom is 0.0149 e. The fraction of sp³-hybridized carbons (Fsp3) is 0.778. The zero-order valence-electron chi connectivity index (χ0n) is 7.05. The molecule has 1 atom stereocenters. The molecule has 0 aromatic carbocycles. The molecule has 0 aromatic rings. The molecule has 1 heterocycles. The van der Waals surface area contributed by atoms with Crippen molar-refractivity contribution < 1.29 is 0 Å². The number of thioether (sulfide) groups is 1. The fourth-order valence-corrected chi connectivity index (χ4v) is 2.39. The van der Waals surface area contributed by atoms with E-state index in [4.69, 9.17) is 0 Å². The molecule has 0 N–H and O–H groups in total. The van der Waals surface area contributed by atoms with Gasteiger partial charge in [-0.1, -0.05) is 26.8 Å². The number of allylic oxidation sites excluding steroid dienone is 2. The van der Waals surface area contributed by atoms with Gasteiger partial charge in [-0.25, -0.2) is 0 Å². The highest BCUT2D eigenvalue weighted by molar-refractivity contribution is 8.03. The monoisotopic (exact) mass is 156 g/mol. The van der Waals surface area contributed by atoms with Gasteiger partial charge in [-0.05, 0) is 23.7 Å². The van der Waals surface area contributed by atoms with Crippen molar-refractivity contribution in [3.8, 4) is 0 Å². The van der Waals surface area contributed by atoms with Crippen LogP contribution in [0.5, 0.6) is 0 Å². The molecule has 58 valence electrons. The SMILES string of the molecule is CCC1=CCC(C(C)C)S1. The van der Waals surface area contributed by atoms with Gasteiger partial charge in [-0.3, -0.25) is 0 Å². The van der Waals surface area contributed by atoms with E-state index in [-0.39, 0.29) is 0 Å². The van der Waals surface area contributed by atoms with Crippen LogP contribution >= 0.6 is 11.8 Å². The number of hydrogen-bond donors (Lipinski definition) is 0. The first-order valence-corrected chi connectivity index (χ1v) is 4.97. The quantitative estimate of drug-likeness (QED) is 0.590. The Hall–Kier alpha value is 0.0900. The Labute approximate surface area is 68.1 Å². The summed E-state index contributed by atoms with van der Waals surface area (Å²) in [5, 5.41) is 0.870. The normalized spacial score (nSPS) is 25.6. The van der Waals surface area contributed by atoms with Crippen molar-refractivity contribution in [3.63, 3.8) is 0 Å². The molecule has 0 fully saturated rings. The lowest BCUT2D eigenvalue weighted by atomic mass is 10.1. The zero-order chi connectivity index (χ0) is 7.56. The summed E-state index contributed by atoms with van der Waals surface area (Å²) in [5.41, 5.74) is 0. The molecule has 0 spiro atoms. The Morgan fingerprint density at radius 1 is 1.70 bits per heavy atom. The molecule has 0 amide bonds. The van der Waals surface area contributed by atoms with E-state index in [1.807, 2.05) is 0 Å². The van der Waals surface area contributed by atoms with Crippen molar-refractivity contribution >= 4 is 11.8 Å². The van der Waals surface area contributed by atoms with Crippen LogP contribution < -0.4 is 0 Å². The second-order valence-electron chi connectivity index (χ2n) is 3.16. The van der Waals surface area contributed by atoms with Gasteiger partial charge in [-0.2, -0.15) is 0 Å². The first-order chi connectivity index (χ1) is 4.74. The van der Waals surface area contributed by atoms with Crippen LogP contribution in [0.4, 0.5) is 0 Å². The molecule has 0 saturated heterocycles. The molecule has 10 heavy (non-hydrogen) atoms. The molecule has 1 heteroatoms. The average molecular weight is 156 g/mol. The standard InChI is InChI=1S/C9H16S/c1-4-8-5-6-9(10-8)7(2)3/h5,7,9H,4,6H2,1-3H3. The summed E-state index contributed by atoms with van der Waals surface area (Å²) >= 11 is 2.08. The summed E-state index contributed by atoms with van der Waals surface area (Å²) in [6, 6.07) is 0. The molecule has 1 rings (SSSR count). The van der Waals surface area contributed by atoms with E-state index < -0.39 is 0 Å². The van der Waals surface area contributed by atoms with Crippen LogP contribution in [0.3, 0.4) is 0 Å². The smallest absolute Gasteiger partial charge is 0.0149 e. The third-order valence-electron chi connectivity index (χ3n) is 1.97. The van der Waals surface area contributed by atoms with Gasteiger partial charge >= 0.3 is 0 Å². The van der Waals surface area contributed by atoms with Gasteiger partial charge in [0.2, 0.25) is 0 Å². The largest absolute Gasteiger partial charge is 0.127 e. The molecule has 0 aromatic heterocycles. The van der Waals surface area contributed by atoms with Gasteiger partial charge in [-0.15, -0.1) is 11.8 Å². The van der Waals surface area contributed by atoms with Crippen LogP contribution in [0.1, 0.15) is 33.6 Å².